The van der Waals surface area contributed by atoms with E-state index in [-0.39, 0.29) is 36.5 Å². The summed E-state index contributed by atoms with van der Waals surface area (Å²) in [5, 5.41) is 11.1. The summed E-state index contributed by atoms with van der Waals surface area (Å²) in [4.78, 5) is 2.59. The van der Waals surface area contributed by atoms with E-state index in [4.69, 9.17) is 4.74 Å². The minimum atomic E-state index is 0. The van der Waals surface area contributed by atoms with Crippen molar-refractivity contribution in [2.75, 3.05) is 45.8 Å². The number of hydrogen-bond acceptors (Lipinski definition) is 10. The maximum Gasteiger partial charge on any atom is 2.00 e. The summed E-state index contributed by atoms with van der Waals surface area (Å²) in [6, 6.07) is 0. The van der Waals surface area contributed by atoms with Crippen LogP contribution in [0.25, 0.3) is 0 Å². The first-order chi connectivity index (χ1) is 19.5. The maximum absolute atomic E-state index is 5.78. The number of morpholine rings is 1. The third-order valence-corrected chi connectivity index (χ3v) is 7.06. The molecule has 0 aromatic heterocycles. The summed E-state index contributed by atoms with van der Waals surface area (Å²) in [5.41, 5.74) is 0. The van der Waals surface area contributed by atoms with Gasteiger partial charge >= 0.3 is 36.5 Å². The molecule has 1 fully saturated rings. The molecule has 1 heterocycles. The van der Waals surface area contributed by atoms with E-state index < -0.39 is 0 Å². The van der Waals surface area contributed by atoms with E-state index in [1.54, 1.807) is 0 Å². The quantitative estimate of drug-likeness (QED) is 0.0645. The van der Waals surface area contributed by atoms with Crippen LogP contribution in [0.5, 0.6) is 0 Å². The van der Waals surface area contributed by atoms with Gasteiger partial charge in [0.1, 0.15) is 0 Å². The van der Waals surface area contributed by atoms with Crippen molar-refractivity contribution in [1.29, 1.82) is 0 Å². The third kappa shape index (κ3) is 45.7. The smallest absolute Gasteiger partial charge is 0.412 e. The molecule has 16 heteroatoms. The predicted molar refractivity (Wildman–Crippen MR) is 205 cm³/mol. The van der Waals surface area contributed by atoms with Crippen LogP contribution < -0.4 is 21.3 Å². The van der Waals surface area contributed by atoms with Crippen LogP contribution in [0, 0.1) is 0 Å². The first kappa shape index (κ1) is 51.3. The number of thiocarbonyl (C=S) groups is 4. The molecule has 0 saturated carbocycles. The topological polar surface area (TPSA) is 60.6 Å². The Kier molecular flexibility index (Phi) is 45.3. The van der Waals surface area contributed by atoms with Gasteiger partial charge in [-0.25, -0.2) is 0 Å². The first-order valence-electron chi connectivity index (χ1n) is 14.6. The van der Waals surface area contributed by atoms with Crippen LogP contribution in [0.2, 0.25) is 0 Å². The molecule has 1 saturated heterocycles. The zero-order chi connectivity index (χ0) is 31.3. The zero-order valence-electron chi connectivity index (χ0n) is 26.1. The Bertz CT molecular complexity index is 630. The Morgan fingerprint density at radius 2 is 0.884 bits per heavy atom. The SMILES string of the molecule is CCCCCCCCCCCCCN1CC(C)OC(C)C1.S=C([S-])NCCNC(=S)[S-].S=C([S-])NCCNC(=S)[S-].[Mn+2].[Zn+2]. The number of nitrogens with zero attached hydrogens (tertiary/aromatic N) is 1. The fourth-order valence-electron chi connectivity index (χ4n) is 4.12. The number of unbranched alkanes of at least 4 members (excludes halogenated alkanes) is 10. The van der Waals surface area contributed by atoms with Crippen LogP contribution in [0.1, 0.15) is 91.4 Å². The molecule has 247 valence electrons. The third-order valence-electron chi connectivity index (χ3n) is 5.90. The molecule has 0 spiro atoms. The molecule has 1 aliphatic heterocycles. The second kappa shape index (κ2) is 38.0. The number of rotatable bonds is 18. The van der Waals surface area contributed by atoms with Gasteiger partial charge in [-0.3, -0.25) is 4.90 Å². The number of nitrogens with one attached hydrogen (secondary N) is 4. The average molecular weight is 839 g/mol. The van der Waals surface area contributed by atoms with Crippen LogP contribution in [-0.4, -0.2) is 80.2 Å². The van der Waals surface area contributed by atoms with E-state index in [0.717, 1.165) is 13.1 Å². The molecule has 1 rings (SSSR count). The molecule has 1 radical (unpaired) electrons. The summed E-state index contributed by atoms with van der Waals surface area (Å²) in [5.74, 6) is 0. The molecule has 0 aromatic rings. The summed E-state index contributed by atoms with van der Waals surface area (Å²) in [6.07, 6.45) is 16.6. The monoisotopic (exact) mass is 836 g/mol. The molecule has 6 nitrogen and oxygen atoms in total. The second-order valence-electron chi connectivity index (χ2n) is 9.91. The molecule has 0 bridgehead atoms. The summed E-state index contributed by atoms with van der Waals surface area (Å²) < 4.78 is 7.27. The Balaban J connectivity index is -0.000000292. The largest absolute Gasteiger partial charge is 2.00 e. The van der Waals surface area contributed by atoms with Gasteiger partial charge in [0.25, 0.3) is 0 Å². The van der Waals surface area contributed by atoms with Crippen molar-refractivity contribution >= 4 is 117 Å². The normalized spacial score (nSPS) is 15.4. The average Bonchev–Trinajstić information content (AvgIpc) is 2.87. The van der Waals surface area contributed by atoms with Crippen LogP contribution >= 0.6 is 48.9 Å². The zero-order valence-corrected chi connectivity index (χ0v) is 36.8. The standard InChI is InChI=1S/C19H39NO.2C4H8N2S4.Mn.Zn/c1-4-5-6-7-8-9-10-11-12-13-14-15-20-16-18(2)21-19(3)17-20;2*7-3(8)5-1-2-6-4(9)10;;/h18-19H,4-17H2,1-3H3;2*1-2H2,(H2,5,7,8)(H2,6,9,10);;/q;;;2*+2/p-4. The van der Waals surface area contributed by atoms with Crippen LogP contribution in [-0.2, 0) is 91.8 Å². The number of ether oxygens (including phenoxy) is 1. The van der Waals surface area contributed by atoms with Crippen molar-refractivity contribution < 1.29 is 41.3 Å². The molecule has 2 atom stereocenters. The molecule has 2 unspecified atom stereocenters. The minimum absolute atomic E-state index is 0. The Morgan fingerprint density at radius 1 is 0.605 bits per heavy atom. The van der Waals surface area contributed by atoms with Crippen molar-refractivity contribution in [3.05, 3.63) is 0 Å². The van der Waals surface area contributed by atoms with Crippen LogP contribution in [0.15, 0.2) is 0 Å². The Hall–Kier alpha value is 1.50. The summed E-state index contributed by atoms with van der Waals surface area (Å²) in [6.45, 7) is 12.9. The molecule has 1 aliphatic rings. The van der Waals surface area contributed by atoms with Gasteiger partial charge < -0.3 is 125 Å². The minimum Gasteiger partial charge on any atom is -0.412 e. The van der Waals surface area contributed by atoms with Gasteiger partial charge in [-0.15, -0.1) is 0 Å². The van der Waals surface area contributed by atoms with Gasteiger partial charge in [0.05, 0.1) is 12.2 Å². The summed E-state index contributed by atoms with van der Waals surface area (Å²) in [7, 11) is 0. The van der Waals surface area contributed by atoms with E-state index in [1.807, 2.05) is 0 Å². The van der Waals surface area contributed by atoms with Gasteiger partial charge in [-0.05, 0) is 26.8 Å². The molecule has 4 N–H and O–H groups in total. The molecule has 0 amide bonds. The van der Waals surface area contributed by atoms with Gasteiger partial charge in [0.2, 0.25) is 0 Å². The van der Waals surface area contributed by atoms with Crippen molar-refractivity contribution in [2.24, 2.45) is 0 Å². The van der Waals surface area contributed by atoms with E-state index in [9.17, 15) is 0 Å². The van der Waals surface area contributed by atoms with Gasteiger partial charge in [0.15, 0.2) is 0 Å². The maximum atomic E-state index is 5.78. The predicted octanol–water partition coefficient (Wildman–Crippen LogP) is 5.06. The Morgan fingerprint density at radius 3 is 1.16 bits per heavy atom. The van der Waals surface area contributed by atoms with Crippen molar-refractivity contribution in [3.8, 4) is 0 Å². The van der Waals surface area contributed by atoms with Gasteiger partial charge in [-0.1, -0.05) is 88.4 Å². The first-order valence-corrected chi connectivity index (χ1v) is 17.9. The fourth-order valence-corrected chi connectivity index (χ4v) is 4.94. The molecule has 43 heavy (non-hydrogen) atoms. The Labute approximate surface area is 330 Å². The number of hydrogen-bond donors (Lipinski definition) is 4. The van der Waals surface area contributed by atoms with Gasteiger partial charge in [0, 0.05) is 39.3 Å². The van der Waals surface area contributed by atoms with Gasteiger partial charge in [-0.2, -0.15) is 0 Å². The summed E-state index contributed by atoms with van der Waals surface area (Å²) >= 11 is 36.7. The van der Waals surface area contributed by atoms with Crippen LogP contribution in [0.4, 0.5) is 0 Å². The van der Waals surface area contributed by atoms with E-state index in [1.165, 1.54) is 77.2 Å². The molecule has 0 aliphatic carbocycles. The molecule has 0 aromatic carbocycles. The second-order valence-corrected chi connectivity index (χ2v) is 14.2. The molecular weight excluding hydrogens is 787 g/mol. The van der Waals surface area contributed by atoms with Crippen molar-refractivity contribution in [3.63, 3.8) is 0 Å². The molecular formula is C27H51MnN5OS8Zn. The van der Waals surface area contributed by atoms with Crippen molar-refractivity contribution in [1.82, 2.24) is 26.2 Å². The van der Waals surface area contributed by atoms with E-state index >= 15 is 0 Å². The van der Waals surface area contributed by atoms with E-state index in [2.05, 4.69) is 146 Å². The van der Waals surface area contributed by atoms with Crippen molar-refractivity contribution in [2.45, 2.75) is 104 Å². The van der Waals surface area contributed by atoms with E-state index in [0.29, 0.717) is 55.7 Å². The fraction of sp³-hybridized carbons (Fsp3) is 0.852. The van der Waals surface area contributed by atoms with Crippen LogP contribution in [0.3, 0.4) is 0 Å².